The number of benzene rings is 1. The van der Waals surface area contributed by atoms with E-state index in [1.165, 1.54) is 5.56 Å². The van der Waals surface area contributed by atoms with E-state index in [2.05, 4.69) is 15.0 Å². The first kappa shape index (κ1) is 10.8. The highest BCUT2D eigenvalue weighted by Gasteiger charge is 2.05. The van der Waals surface area contributed by atoms with Crippen LogP contribution in [0.4, 0.5) is 5.95 Å². The average Bonchev–Trinajstić information content (AvgIpc) is 2.20. The summed E-state index contributed by atoms with van der Waals surface area (Å²) in [5, 5.41) is 0.135. The molecule has 5 heteroatoms. The van der Waals surface area contributed by atoms with E-state index in [0.29, 0.717) is 12.2 Å². The minimum atomic E-state index is 0.135. The summed E-state index contributed by atoms with van der Waals surface area (Å²) in [4.78, 5) is 11.8. The first-order chi connectivity index (χ1) is 7.65. The van der Waals surface area contributed by atoms with Crippen molar-refractivity contribution in [3.63, 3.8) is 0 Å². The van der Waals surface area contributed by atoms with Crippen LogP contribution in [-0.4, -0.2) is 15.0 Å². The van der Waals surface area contributed by atoms with Crippen molar-refractivity contribution in [3.8, 4) is 0 Å². The molecule has 0 aliphatic carbocycles. The first-order valence-corrected chi connectivity index (χ1v) is 5.23. The predicted molar refractivity (Wildman–Crippen MR) is 63.2 cm³/mol. The quantitative estimate of drug-likeness (QED) is 0.863. The van der Waals surface area contributed by atoms with Gasteiger partial charge in [-0.2, -0.15) is 9.97 Å². The molecule has 0 radical (unpaired) electrons. The lowest BCUT2D eigenvalue weighted by atomic mass is 10.1. The van der Waals surface area contributed by atoms with Gasteiger partial charge in [-0.15, -0.1) is 0 Å². The van der Waals surface area contributed by atoms with Crippen LogP contribution in [0.15, 0.2) is 24.3 Å². The van der Waals surface area contributed by atoms with Crippen LogP contribution < -0.4 is 5.73 Å². The van der Waals surface area contributed by atoms with Gasteiger partial charge < -0.3 is 5.73 Å². The zero-order valence-electron chi connectivity index (χ0n) is 8.81. The molecule has 2 N–H and O–H groups in total. The van der Waals surface area contributed by atoms with Crippen LogP contribution in [0.1, 0.15) is 17.0 Å². The molecule has 0 saturated heterocycles. The Morgan fingerprint density at radius 3 is 2.62 bits per heavy atom. The number of hydrogen-bond acceptors (Lipinski definition) is 4. The molecule has 1 aromatic carbocycles. The van der Waals surface area contributed by atoms with Gasteiger partial charge in [0.2, 0.25) is 11.2 Å². The van der Waals surface area contributed by atoms with Crippen molar-refractivity contribution in [2.24, 2.45) is 0 Å². The molecule has 0 spiro atoms. The Morgan fingerprint density at radius 2 is 1.94 bits per heavy atom. The van der Waals surface area contributed by atoms with Crippen LogP contribution >= 0.6 is 11.6 Å². The molecule has 82 valence electrons. The third kappa shape index (κ3) is 2.46. The van der Waals surface area contributed by atoms with Gasteiger partial charge in [0, 0.05) is 6.42 Å². The van der Waals surface area contributed by atoms with E-state index in [4.69, 9.17) is 17.3 Å². The lowest BCUT2D eigenvalue weighted by Gasteiger charge is -2.04. The smallest absolute Gasteiger partial charge is 0.227 e. The van der Waals surface area contributed by atoms with E-state index in [1.807, 2.05) is 31.2 Å². The van der Waals surface area contributed by atoms with Gasteiger partial charge in [-0.3, -0.25) is 0 Å². The van der Waals surface area contributed by atoms with Gasteiger partial charge in [-0.25, -0.2) is 4.98 Å². The molecular formula is C11H11ClN4. The first-order valence-electron chi connectivity index (χ1n) is 4.85. The van der Waals surface area contributed by atoms with Crippen molar-refractivity contribution in [2.75, 3.05) is 5.73 Å². The Balaban J connectivity index is 2.30. The van der Waals surface area contributed by atoms with E-state index < -0.39 is 0 Å². The molecule has 0 unspecified atom stereocenters. The number of hydrogen-bond donors (Lipinski definition) is 1. The Kier molecular flexibility index (Phi) is 3.01. The van der Waals surface area contributed by atoms with Gasteiger partial charge in [0.25, 0.3) is 0 Å². The molecule has 0 saturated carbocycles. The lowest BCUT2D eigenvalue weighted by Crippen LogP contribution is -2.04. The van der Waals surface area contributed by atoms with Gasteiger partial charge in [0.05, 0.1) is 0 Å². The number of rotatable bonds is 2. The minimum absolute atomic E-state index is 0.135. The number of anilines is 1. The molecule has 16 heavy (non-hydrogen) atoms. The van der Waals surface area contributed by atoms with Crippen LogP contribution in [0.5, 0.6) is 0 Å². The van der Waals surface area contributed by atoms with Crippen molar-refractivity contribution in [2.45, 2.75) is 13.3 Å². The van der Waals surface area contributed by atoms with Gasteiger partial charge >= 0.3 is 0 Å². The lowest BCUT2D eigenvalue weighted by molar-refractivity contribution is 0.925. The second-order valence-corrected chi connectivity index (χ2v) is 3.82. The molecule has 0 bridgehead atoms. The van der Waals surface area contributed by atoms with E-state index >= 15 is 0 Å². The Hall–Kier alpha value is -1.68. The summed E-state index contributed by atoms with van der Waals surface area (Å²) in [6.45, 7) is 2.04. The van der Waals surface area contributed by atoms with Gasteiger partial charge in [-0.1, -0.05) is 24.3 Å². The zero-order chi connectivity index (χ0) is 11.5. The summed E-state index contributed by atoms with van der Waals surface area (Å²) in [6.07, 6.45) is 0.610. The van der Waals surface area contributed by atoms with Crippen LogP contribution in [0.2, 0.25) is 5.28 Å². The normalized spacial score (nSPS) is 10.4. The van der Waals surface area contributed by atoms with Crippen molar-refractivity contribution in [3.05, 3.63) is 46.5 Å². The fourth-order valence-electron chi connectivity index (χ4n) is 1.47. The molecule has 2 aromatic rings. The molecule has 0 amide bonds. The molecule has 0 aliphatic rings. The van der Waals surface area contributed by atoms with E-state index in [-0.39, 0.29) is 11.2 Å². The molecule has 0 fully saturated rings. The predicted octanol–water partition coefficient (Wildman–Crippen LogP) is 2.01. The summed E-state index contributed by atoms with van der Waals surface area (Å²) >= 11 is 5.71. The highest BCUT2D eigenvalue weighted by atomic mass is 35.5. The van der Waals surface area contributed by atoms with Crippen molar-refractivity contribution in [1.82, 2.24) is 15.0 Å². The van der Waals surface area contributed by atoms with Gasteiger partial charge in [-0.05, 0) is 29.7 Å². The van der Waals surface area contributed by atoms with Crippen LogP contribution in [-0.2, 0) is 6.42 Å². The minimum Gasteiger partial charge on any atom is -0.368 e. The summed E-state index contributed by atoms with van der Waals surface area (Å²) in [5.41, 5.74) is 7.85. The standard InChI is InChI=1S/C11H11ClN4/c1-7-4-2-3-5-8(7)6-9-14-10(12)16-11(13)15-9/h2-5H,6H2,1H3,(H2,13,14,15,16). The monoisotopic (exact) mass is 234 g/mol. The number of aromatic nitrogens is 3. The second-order valence-electron chi connectivity index (χ2n) is 3.48. The SMILES string of the molecule is Cc1ccccc1Cc1nc(N)nc(Cl)n1. The number of halogens is 1. The molecule has 4 nitrogen and oxygen atoms in total. The summed E-state index contributed by atoms with van der Waals surface area (Å²) in [7, 11) is 0. The Labute approximate surface area is 98.5 Å². The Morgan fingerprint density at radius 1 is 1.19 bits per heavy atom. The number of nitrogen functional groups attached to an aromatic ring is 1. The summed E-state index contributed by atoms with van der Waals surface area (Å²) in [5.74, 6) is 0.746. The molecule has 0 aliphatic heterocycles. The topological polar surface area (TPSA) is 64.7 Å². The fraction of sp³-hybridized carbons (Fsp3) is 0.182. The van der Waals surface area contributed by atoms with Gasteiger partial charge in [0.1, 0.15) is 5.82 Å². The molecular weight excluding hydrogens is 224 g/mol. The van der Waals surface area contributed by atoms with E-state index in [1.54, 1.807) is 0 Å². The second kappa shape index (κ2) is 4.45. The van der Waals surface area contributed by atoms with Crippen molar-refractivity contribution in [1.29, 1.82) is 0 Å². The molecule has 0 atom stereocenters. The average molecular weight is 235 g/mol. The number of nitrogens with two attached hydrogens (primary N) is 1. The third-order valence-electron chi connectivity index (χ3n) is 2.28. The third-order valence-corrected chi connectivity index (χ3v) is 2.45. The maximum absolute atomic E-state index is 5.71. The van der Waals surface area contributed by atoms with Crippen LogP contribution in [0.3, 0.4) is 0 Å². The van der Waals surface area contributed by atoms with Crippen LogP contribution in [0.25, 0.3) is 0 Å². The highest BCUT2D eigenvalue weighted by molar-refractivity contribution is 6.28. The maximum Gasteiger partial charge on any atom is 0.227 e. The zero-order valence-corrected chi connectivity index (χ0v) is 9.57. The molecule has 1 aromatic heterocycles. The fourth-order valence-corrected chi connectivity index (χ4v) is 1.65. The van der Waals surface area contributed by atoms with Crippen molar-refractivity contribution < 1.29 is 0 Å². The largest absolute Gasteiger partial charge is 0.368 e. The van der Waals surface area contributed by atoms with Gasteiger partial charge in [0.15, 0.2) is 0 Å². The number of nitrogens with zero attached hydrogens (tertiary/aromatic N) is 3. The highest BCUT2D eigenvalue weighted by Crippen LogP contribution is 2.12. The van der Waals surface area contributed by atoms with E-state index in [9.17, 15) is 0 Å². The summed E-state index contributed by atoms with van der Waals surface area (Å²) in [6, 6.07) is 8.05. The molecule has 2 rings (SSSR count). The van der Waals surface area contributed by atoms with Crippen LogP contribution in [0, 0.1) is 6.92 Å². The van der Waals surface area contributed by atoms with Crippen molar-refractivity contribution >= 4 is 17.5 Å². The van der Waals surface area contributed by atoms with E-state index in [0.717, 1.165) is 5.56 Å². The maximum atomic E-state index is 5.71. The Bertz CT molecular complexity index is 493. The molecule has 1 heterocycles. The summed E-state index contributed by atoms with van der Waals surface area (Å²) < 4.78 is 0. The number of aryl methyl sites for hydroxylation is 1.